The van der Waals surface area contributed by atoms with Gasteiger partial charge in [-0.15, -0.1) is 0 Å². The summed E-state index contributed by atoms with van der Waals surface area (Å²) in [7, 11) is 0. The third kappa shape index (κ3) is 6.88. The molecule has 0 aliphatic rings. The summed E-state index contributed by atoms with van der Waals surface area (Å²) < 4.78 is 11.0. The minimum Gasteiger partial charge on any atom is -0.436 e. The van der Waals surface area contributed by atoms with Crippen LogP contribution in [0.1, 0.15) is 0 Å². The van der Waals surface area contributed by atoms with Crippen molar-refractivity contribution in [2.24, 2.45) is 0 Å². The maximum absolute atomic E-state index is 6.57. The molecule has 0 aliphatic carbocycles. The van der Waals surface area contributed by atoms with Gasteiger partial charge in [0.2, 0.25) is 17.8 Å². The van der Waals surface area contributed by atoms with Crippen LogP contribution in [0.25, 0.3) is 134 Å². The molecule has 0 unspecified atom stereocenters. The van der Waals surface area contributed by atoms with Crippen molar-refractivity contribution in [1.82, 2.24) is 34.1 Å². The van der Waals surface area contributed by atoms with E-state index in [1.165, 1.54) is 0 Å². The Morgan fingerprint density at radius 2 is 0.761 bits per heavy atom. The predicted octanol–water partition coefficient (Wildman–Crippen LogP) is 15.6. The van der Waals surface area contributed by atoms with Crippen molar-refractivity contribution in [2.45, 2.75) is 0 Å². The van der Waals surface area contributed by atoms with E-state index < -0.39 is 0 Å². The molecule has 332 valence electrons. The smallest absolute Gasteiger partial charge is 0.235 e. The summed E-state index contributed by atoms with van der Waals surface area (Å²) in [6.07, 6.45) is 0. The zero-order valence-corrected chi connectivity index (χ0v) is 38.1. The van der Waals surface area contributed by atoms with Crippen molar-refractivity contribution in [1.29, 1.82) is 0 Å². The summed E-state index contributed by atoms with van der Waals surface area (Å²) in [5.41, 5.74) is 15.7. The number of aromatic nitrogens is 7. The Labute approximate surface area is 407 Å². The fourth-order valence-electron chi connectivity index (χ4n) is 10.1. The quantitative estimate of drug-likeness (QED) is 0.151. The van der Waals surface area contributed by atoms with Gasteiger partial charge in [0.05, 0.1) is 44.8 Å². The molecule has 0 saturated carbocycles. The fraction of sp³-hybridized carbons (Fsp3) is 0. The maximum Gasteiger partial charge on any atom is 0.235 e. The van der Waals surface area contributed by atoms with E-state index in [2.05, 4.69) is 167 Å². The molecule has 0 aliphatic heterocycles. The third-order valence-corrected chi connectivity index (χ3v) is 13.4. The van der Waals surface area contributed by atoms with Crippen LogP contribution < -0.4 is 0 Å². The van der Waals surface area contributed by atoms with E-state index in [0.717, 1.165) is 111 Å². The molecule has 9 aromatic carbocycles. The molecular formula is C63H39N7O. The van der Waals surface area contributed by atoms with E-state index in [1.807, 2.05) is 78.9 Å². The third-order valence-electron chi connectivity index (χ3n) is 13.4. The lowest BCUT2D eigenvalue weighted by Gasteiger charge is -2.14. The van der Waals surface area contributed by atoms with E-state index in [-0.39, 0.29) is 0 Å². The molecule has 14 rings (SSSR count). The molecule has 8 nitrogen and oxygen atoms in total. The molecule has 14 aromatic rings. The van der Waals surface area contributed by atoms with Crippen LogP contribution >= 0.6 is 0 Å². The molecule has 0 spiro atoms. The molecule has 0 saturated heterocycles. The van der Waals surface area contributed by atoms with Crippen LogP contribution in [0, 0.1) is 0 Å². The van der Waals surface area contributed by atoms with Gasteiger partial charge in [-0.1, -0.05) is 182 Å². The zero-order chi connectivity index (χ0) is 46.8. The van der Waals surface area contributed by atoms with Crippen LogP contribution in [-0.2, 0) is 0 Å². The summed E-state index contributed by atoms with van der Waals surface area (Å²) in [6, 6.07) is 81.5. The second kappa shape index (κ2) is 16.5. The first-order valence-corrected chi connectivity index (χ1v) is 23.7. The number of hydrogen-bond donors (Lipinski definition) is 0. The van der Waals surface area contributed by atoms with Crippen LogP contribution in [0.5, 0.6) is 0 Å². The van der Waals surface area contributed by atoms with Crippen molar-refractivity contribution < 1.29 is 4.42 Å². The van der Waals surface area contributed by atoms with Crippen LogP contribution in [-0.4, -0.2) is 34.1 Å². The Hall–Kier alpha value is -9.79. The van der Waals surface area contributed by atoms with Crippen LogP contribution in [0.3, 0.4) is 0 Å². The fourth-order valence-corrected chi connectivity index (χ4v) is 10.1. The predicted molar refractivity (Wildman–Crippen MR) is 286 cm³/mol. The standard InChI is InChI=1S/C63H39N7O/c1-6-19-40(20-7-1)51-37-52(41-21-8-2-9-22-41)66-62(65-51)69-57-34-33-45(35-49(57)50-36-59-55(39-58(50)69)64-61(71-59)44-27-14-5-15-28-44)46-30-18-31-48-47-29-16-17-32-56(47)70(60(46)48)63-67-53(42-23-10-3-11-24-42)38-54(68-63)43-25-12-4-13-26-43/h1-39H. The number of rotatable bonds is 8. The normalized spacial score (nSPS) is 11.7. The van der Waals surface area contributed by atoms with Gasteiger partial charge in [0.25, 0.3) is 0 Å². The summed E-state index contributed by atoms with van der Waals surface area (Å²) in [4.78, 5) is 26.5. The first-order chi connectivity index (χ1) is 35.2. The number of para-hydroxylation sites is 2. The van der Waals surface area contributed by atoms with Gasteiger partial charge in [0, 0.05) is 54.9 Å². The van der Waals surface area contributed by atoms with E-state index >= 15 is 0 Å². The lowest BCUT2D eigenvalue weighted by atomic mass is 10.00. The molecule has 5 heterocycles. The number of benzene rings is 9. The van der Waals surface area contributed by atoms with Crippen LogP contribution in [0.15, 0.2) is 241 Å². The van der Waals surface area contributed by atoms with Gasteiger partial charge in [-0.3, -0.25) is 9.13 Å². The highest BCUT2D eigenvalue weighted by Gasteiger charge is 2.23. The van der Waals surface area contributed by atoms with E-state index in [0.29, 0.717) is 23.4 Å². The van der Waals surface area contributed by atoms with Gasteiger partial charge in [-0.25, -0.2) is 24.9 Å². The van der Waals surface area contributed by atoms with Crippen molar-refractivity contribution >= 4 is 54.7 Å². The largest absolute Gasteiger partial charge is 0.436 e. The molecule has 5 aromatic heterocycles. The molecule has 0 N–H and O–H groups in total. The number of fused-ring (bicyclic) bond motifs is 7. The summed E-state index contributed by atoms with van der Waals surface area (Å²) in [5, 5.41) is 4.22. The zero-order valence-electron chi connectivity index (χ0n) is 38.1. The number of oxazole rings is 1. The first-order valence-electron chi connectivity index (χ1n) is 23.7. The summed E-state index contributed by atoms with van der Waals surface area (Å²) in [5.74, 6) is 1.70. The number of nitrogens with zero attached hydrogens (tertiary/aromatic N) is 7. The number of hydrogen-bond acceptors (Lipinski definition) is 6. The molecular weight excluding hydrogens is 871 g/mol. The average Bonchev–Trinajstić information content (AvgIpc) is 4.13. The maximum atomic E-state index is 6.57. The van der Waals surface area contributed by atoms with E-state index in [9.17, 15) is 0 Å². The van der Waals surface area contributed by atoms with E-state index in [4.69, 9.17) is 29.3 Å². The summed E-state index contributed by atoms with van der Waals surface area (Å²) >= 11 is 0. The monoisotopic (exact) mass is 909 g/mol. The topological polar surface area (TPSA) is 87.5 Å². The average molecular weight is 910 g/mol. The Balaban J connectivity index is 1.04. The van der Waals surface area contributed by atoms with Gasteiger partial charge in [-0.2, -0.15) is 0 Å². The van der Waals surface area contributed by atoms with Gasteiger partial charge < -0.3 is 4.42 Å². The highest BCUT2D eigenvalue weighted by molar-refractivity contribution is 6.16. The Morgan fingerprint density at radius 1 is 0.296 bits per heavy atom. The second-order valence-corrected chi connectivity index (χ2v) is 17.7. The summed E-state index contributed by atoms with van der Waals surface area (Å²) in [6.45, 7) is 0. The Kier molecular flexibility index (Phi) is 9.35. The van der Waals surface area contributed by atoms with Crippen molar-refractivity contribution in [3.63, 3.8) is 0 Å². The first kappa shape index (κ1) is 40.3. The minimum absolute atomic E-state index is 0.552. The highest BCUT2D eigenvalue weighted by Crippen LogP contribution is 2.42. The lowest BCUT2D eigenvalue weighted by Crippen LogP contribution is -2.04. The van der Waals surface area contributed by atoms with Crippen molar-refractivity contribution in [3.8, 4) is 79.5 Å². The van der Waals surface area contributed by atoms with Crippen molar-refractivity contribution in [3.05, 3.63) is 237 Å². The SMILES string of the molecule is c1ccc(-c2cc(-c3ccccc3)nc(-n3c4ccc(-c5cccc6c7ccccc7n(-c7nc(-c8ccccc8)cc(-c8ccccc8)n7)c56)cc4c4cc5oc(-c6ccccc6)nc5cc43)n2)cc1. The molecule has 0 bridgehead atoms. The van der Waals surface area contributed by atoms with Crippen LogP contribution in [0.2, 0.25) is 0 Å². The van der Waals surface area contributed by atoms with Crippen molar-refractivity contribution in [2.75, 3.05) is 0 Å². The van der Waals surface area contributed by atoms with Gasteiger partial charge in [0.15, 0.2) is 5.58 Å². The Morgan fingerprint density at radius 3 is 1.32 bits per heavy atom. The molecule has 0 amide bonds. The second-order valence-electron chi connectivity index (χ2n) is 17.7. The molecule has 8 heteroatoms. The van der Waals surface area contributed by atoms with Crippen LogP contribution in [0.4, 0.5) is 0 Å². The highest BCUT2D eigenvalue weighted by atomic mass is 16.3. The Bertz CT molecular complexity index is 4200. The molecule has 0 atom stereocenters. The van der Waals surface area contributed by atoms with Gasteiger partial charge in [0.1, 0.15) is 5.52 Å². The molecule has 0 fully saturated rings. The lowest BCUT2D eigenvalue weighted by molar-refractivity contribution is 0.620. The van der Waals surface area contributed by atoms with E-state index in [1.54, 1.807) is 0 Å². The minimum atomic E-state index is 0.552. The molecule has 71 heavy (non-hydrogen) atoms. The van der Waals surface area contributed by atoms with Gasteiger partial charge in [-0.05, 0) is 60.2 Å². The molecule has 0 radical (unpaired) electrons. The van der Waals surface area contributed by atoms with Gasteiger partial charge >= 0.3 is 0 Å².